The summed E-state index contributed by atoms with van der Waals surface area (Å²) in [6.07, 6.45) is 1.52. The van der Waals surface area contributed by atoms with Crippen molar-refractivity contribution in [2.45, 2.75) is 6.92 Å². The van der Waals surface area contributed by atoms with Gasteiger partial charge in [-0.2, -0.15) is 0 Å². The van der Waals surface area contributed by atoms with Gasteiger partial charge in [0.1, 0.15) is 5.82 Å². The van der Waals surface area contributed by atoms with Crippen molar-refractivity contribution in [1.29, 1.82) is 0 Å². The number of pyridine rings is 1. The smallest absolute Gasteiger partial charge is 0.337 e. The van der Waals surface area contributed by atoms with E-state index < -0.39 is 5.97 Å². The molecule has 0 unspecified atom stereocenters. The Morgan fingerprint density at radius 3 is 2.61 bits per heavy atom. The van der Waals surface area contributed by atoms with Gasteiger partial charge < -0.3 is 15.4 Å². The number of aryl methyl sites for hydroxylation is 1. The first kappa shape index (κ1) is 19.4. The first-order chi connectivity index (χ1) is 13.5. The van der Waals surface area contributed by atoms with Crippen LogP contribution in [0, 0.1) is 6.92 Å². The van der Waals surface area contributed by atoms with Crippen LogP contribution in [0.3, 0.4) is 0 Å². The summed E-state index contributed by atoms with van der Waals surface area (Å²) in [6, 6.07) is 15.5. The maximum atomic E-state index is 12.5. The molecule has 7 heteroatoms. The van der Waals surface area contributed by atoms with E-state index in [0.717, 1.165) is 5.56 Å². The monoisotopic (exact) mass is 395 g/mol. The molecular weight excluding hydrogens is 378 g/mol. The second-order valence-corrected chi connectivity index (χ2v) is 6.47. The van der Waals surface area contributed by atoms with Crippen molar-refractivity contribution < 1.29 is 14.3 Å². The number of hydrogen-bond donors (Lipinski definition) is 2. The van der Waals surface area contributed by atoms with Gasteiger partial charge in [0.05, 0.1) is 23.4 Å². The number of ether oxygens (including phenoxy) is 1. The molecule has 0 atom stereocenters. The number of halogens is 1. The zero-order valence-electron chi connectivity index (χ0n) is 15.3. The molecule has 3 rings (SSSR count). The molecule has 142 valence electrons. The summed E-state index contributed by atoms with van der Waals surface area (Å²) in [4.78, 5) is 28.4. The van der Waals surface area contributed by atoms with Crippen LogP contribution in [-0.4, -0.2) is 24.0 Å². The number of anilines is 3. The third kappa shape index (κ3) is 4.66. The summed E-state index contributed by atoms with van der Waals surface area (Å²) in [5.74, 6) is -0.315. The number of carbonyl (C=O) groups is 2. The first-order valence-electron chi connectivity index (χ1n) is 8.45. The molecule has 0 aliphatic rings. The lowest BCUT2D eigenvalue weighted by atomic mass is 10.2. The van der Waals surface area contributed by atoms with E-state index in [1.165, 1.54) is 13.3 Å². The van der Waals surface area contributed by atoms with Gasteiger partial charge in [-0.1, -0.05) is 23.7 Å². The van der Waals surface area contributed by atoms with Gasteiger partial charge in [0.2, 0.25) is 0 Å². The molecule has 0 aliphatic heterocycles. The Labute approximate surface area is 167 Å². The van der Waals surface area contributed by atoms with Crippen LogP contribution in [0.1, 0.15) is 26.3 Å². The molecule has 0 aliphatic carbocycles. The normalized spacial score (nSPS) is 10.2. The van der Waals surface area contributed by atoms with Gasteiger partial charge in [-0.3, -0.25) is 4.79 Å². The Morgan fingerprint density at radius 1 is 1.04 bits per heavy atom. The number of aromatic nitrogens is 1. The number of nitrogens with zero attached hydrogens (tertiary/aromatic N) is 1. The fraction of sp³-hybridized carbons (Fsp3) is 0.0952. The van der Waals surface area contributed by atoms with E-state index in [4.69, 9.17) is 16.3 Å². The summed E-state index contributed by atoms with van der Waals surface area (Å²) < 4.78 is 4.72. The van der Waals surface area contributed by atoms with Crippen LogP contribution in [0.2, 0.25) is 5.02 Å². The van der Waals surface area contributed by atoms with Crippen LogP contribution in [0.5, 0.6) is 0 Å². The molecule has 2 aromatic carbocycles. The quantitative estimate of drug-likeness (QED) is 0.605. The van der Waals surface area contributed by atoms with Crippen molar-refractivity contribution in [2.75, 3.05) is 17.7 Å². The van der Waals surface area contributed by atoms with Crippen molar-refractivity contribution >= 4 is 40.7 Å². The summed E-state index contributed by atoms with van der Waals surface area (Å²) in [5, 5.41) is 6.29. The third-order valence-electron chi connectivity index (χ3n) is 3.95. The number of methoxy groups -OCH3 is 1. The van der Waals surface area contributed by atoms with Gasteiger partial charge in [0.25, 0.3) is 5.91 Å². The molecule has 0 fully saturated rings. The fourth-order valence-electron chi connectivity index (χ4n) is 2.57. The highest BCUT2D eigenvalue weighted by Crippen LogP contribution is 2.26. The van der Waals surface area contributed by atoms with E-state index in [1.807, 2.05) is 31.2 Å². The number of amides is 1. The molecule has 0 radical (unpaired) electrons. The minimum Gasteiger partial charge on any atom is -0.465 e. The first-order valence-corrected chi connectivity index (χ1v) is 8.83. The summed E-state index contributed by atoms with van der Waals surface area (Å²) in [5.41, 5.74) is 3.02. The van der Waals surface area contributed by atoms with Gasteiger partial charge >= 0.3 is 5.97 Å². The van der Waals surface area contributed by atoms with Crippen LogP contribution >= 0.6 is 11.6 Å². The van der Waals surface area contributed by atoms with E-state index in [-0.39, 0.29) is 5.91 Å². The molecule has 3 aromatic rings. The van der Waals surface area contributed by atoms with E-state index in [9.17, 15) is 9.59 Å². The van der Waals surface area contributed by atoms with Crippen molar-refractivity contribution in [3.8, 4) is 0 Å². The number of hydrogen-bond acceptors (Lipinski definition) is 5. The maximum absolute atomic E-state index is 12.5. The standard InChI is InChI=1S/C21H18ClN3O3/c1-13-4-3-5-16(10-13)24-20(26)14-8-9-23-19(12-14)25-18-11-15(21(27)28-2)6-7-17(18)22/h3-12H,1-2H3,(H,23,25)(H,24,26). The number of rotatable bonds is 5. The van der Waals surface area contributed by atoms with E-state index in [2.05, 4.69) is 15.6 Å². The Balaban J connectivity index is 1.80. The molecular formula is C21H18ClN3O3. The topological polar surface area (TPSA) is 80.3 Å². The van der Waals surface area contributed by atoms with E-state index in [1.54, 1.807) is 30.3 Å². The minimum atomic E-state index is -0.473. The van der Waals surface area contributed by atoms with E-state index >= 15 is 0 Å². The Morgan fingerprint density at radius 2 is 1.86 bits per heavy atom. The Hall–Kier alpha value is -3.38. The average Bonchev–Trinajstić information content (AvgIpc) is 2.69. The average molecular weight is 396 g/mol. The van der Waals surface area contributed by atoms with Crippen LogP contribution < -0.4 is 10.6 Å². The zero-order chi connectivity index (χ0) is 20.1. The van der Waals surface area contributed by atoms with Crippen molar-refractivity contribution in [3.05, 3.63) is 82.5 Å². The molecule has 1 amide bonds. The van der Waals surface area contributed by atoms with Crippen LogP contribution in [0.4, 0.5) is 17.2 Å². The van der Waals surface area contributed by atoms with Gasteiger partial charge in [0.15, 0.2) is 0 Å². The number of nitrogens with one attached hydrogen (secondary N) is 2. The molecule has 0 bridgehead atoms. The highest BCUT2D eigenvalue weighted by Gasteiger charge is 2.11. The predicted octanol–water partition coefficient (Wildman–Crippen LogP) is 4.83. The molecule has 0 spiro atoms. The second-order valence-electron chi connectivity index (χ2n) is 6.06. The number of carbonyl (C=O) groups excluding carboxylic acids is 2. The third-order valence-corrected chi connectivity index (χ3v) is 4.28. The molecule has 0 saturated carbocycles. The molecule has 28 heavy (non-hydrogen) atoms. The zero-order valence-corrected chi connectivity index (χ0v) is 16.1. The van der Waals surface area contributed by atoms with Gasteiger partial charge in [-0.15, -0.1) is 0 Å². The fourth-order valence-corrected chi connectivity index (χ4v) is 2.73. The van der Waals surface area contributed by atoms with Crippen LogP contribution in [-0.2, 0) is 4.74 Å². The highest BCUT2D eigenvalue weighted by molar-refractivity contribution is 6.33. The van der Waals surface area contributed by atoms with Crippen LogP contribution in [0.25, 0.3) is 0 Å². The van der Waals surface area contributed by atoms with Gasteiger partial charge in [-0.05, 0) is 55.0 Å². The summed E-state index contributed by atoms with van der Waals surface area (Å²) >= 11 is 6.20. The largest absolute Gasteiger partial charge is 0.465 e. The van der Waals surface area contributed by atoms with Crippen molar-refractivity contribution in [2.24, 2.45) is 0 Å². The van der Waals surface area contributed by atoms with Crippen LogP contribution in [0.15, 0.2) is 60.8 Å². The van der Waals surface area contributed by atoms with Gasteiger partial charge in [-0.25, -0.2) is 9.78 Å². The second kappa shape index (κ2) is 8.54. The molecule has 1 aromatic heterocycles. The Kier molecular flexibility index (Phi) is 5.91. The predicted molar refractivity (Wildman–Crippen MR) is 109 cm³/mol. The lowest BCUT2D eigenvalue weighted by Gasteiger charge is -2.11. The lowest BCUT2D eigenvalue weighted by molar-refractivity contribution is 0.0600. The van der Waals surface area contributed by atoms with Gasteiger partial charge in [0, 0.05) is 17.4 Å². The summed E-state index contributed by atoms with van der Waals surface area (Å²) in [7, 11) is 1.31. The van der Waals surface area contributed by atoms with Crippen molar-refractivity contribution in [3.63, 3.8) is 0 Å². The van der Waals surface area contributed by atoms with Crippen molar-refractivity contribution in [1.82, 2.24) is 4.98 Å². The SMILES string of the molecule is COC(=O)c1ccc(Cl)c(Nc2cc(C(=O)Nc3cccc(C)c3)ccn2)c1. The number of esters is 1. The Bertz CT molecular complexity index is 1040. The number of benzene rings is 2. The van der Waals surface area contributed by atoms with E-state index in [0.29, 0.717) is 33.3 Å². The molecule has 2 N–H and O–H groups in total. The highest BCUT2D eigenvalue weighted by atomic mass is 35.5. The summed E-state index contributed by atoms with van der Waals surface area (Å²) in [6.45, 7) is 1.95. The molecule has 1 heterocycles. The molecule has 0 saturated heterocycles. The lowest BCUT2D eigenvalue weighted by Crippen LogP contribution is -2.12. The molecule has 6 nitrogen and oxygen atoms in total. The maximum Gasteiger partial charge on any atom is 0.337 e. The minimum absolute atomic E-state index is 0.259.